The van der Waals surface area contributed by atoms with Crippen molar-refractivity contribution in [2.75, 3.05) is 26.0 Å². The molecule has 29 heavy (non-hydrogen) atoms. The lowest BCUT2D eigenvalue weighted by molar-refractivity contribution is -0.149. The second-order valence-electron chi connectivity index (χ2n) is 6.46. The second kappa shape index (κ2) is 9.87. The Labute approximate surface area is 175 Å². The van der Waals surface area contributed by atoms with Crippen LogP contribution < -0.4 is 5.32 Å². The molecule has 1 atom stereocenters. The third kappa shape index (κ3) is 5.79. The van der Waals surface area contributed by atoms with E-state index in [0.29, 0.717) is 6.42 Å². The average molecular weight is 439 g/mol. The number of esters is 1. The van der Waals surface area contributed by atoms with Crippen LogP contribution in [0, 0.1) is 0 Å². The van der Waals surface area contributed by atoms with Crippen molar-refractivity contribution in [1.82, 2.24) is 4.31 Å². The molecule has 0 radical (unpaired) electrons. The maximum Gasteiger partial charge on any atom is 0.313 e. The van der Waals surface area contributed by atoms with E-state index in [0.717, 1.165) is 9.87 Å². The molecule has 0 saturated heterocycles. The number of nitrogens with zero attached hydrogens (tertiary/aromatic N) is 1. The zero-order valence-corrected chi connectivity index (χ0v) is 18.0. The fraction of sp³-hybridized carbons (Fsp3) is 0.300. The highest BCUT2D eigenvalue weighted by Crippen LogP contribution is 2.27. The van der Waals surface area contributed by atoms with Gasteiger partial charge in [-0.1, -0.05) is 48.9 Å². The van der Waals surface area contributed by atoms with Crippen molar-refractivity contribution in [3.8, 4) is 0 Å². The standard InChI is InChI=1S/C20H23ClN2O5S/c1-4-16(14-8-6-5-7-9-14)20(25)28-13-19(24)22-15-10-11-17(21)18(12-15)29(26,27)23(2)3/h5-12,16H,4,13H2,1-3H3,(H,22,24)/t16-/m0/s1. The van der Waals surface area contributed by atoms with Gasteiger partial charge in [-0.15, -0.1) is 0 Å². The Bertz CT molecular complexity index is 978. The molecule has 0 aliphatic heterocycles. The minimum Gasteiger partial charge on any atom is -0.455 e. The highest BCUT2D eigenvalue weighted by Gasteiger charge is 2.23. The van der Waals surface area contributed by atoms with Crippen LogP contribution in [-0.4, -0.2) is 45.3 Å². The van der Waals surface area contributed by atoms with Crippen LogP contribution in [0.3, 0.4) is 0 Å². The number of hydrogen-bond acceptors (Lipinski definition) is 5. The smallest absolute Gasteiger partial charge is 0.313 e. The monoisotopic (exact) mass is 438 g/mol. The molecule has 0 fully saturated rings. The van der Waals surface area contributed by atoms with Gasteiger partial charge in [0, 0.05) is 19.8 Å². The number of amides is 1. The highest BCUT2D eigenvalue weighted by molar-refractivity contribution is 7.89. The first-order valence-corrected chi connectivity index (χ1v) is 10.7. The van der Waals surface area contributed by atoms with Crippen LogP contribution in [0.1, 0.15) is 24.8 Å². The zero-order valence-electron chi connectivity index (χ0n) is 16.4. The van der Waals surface area contributed by atoms with Crippen LogP contribution in [0.25, 0.3) is 0 Å². The van der Waals surface area contributed by atoms with Crippen LogP contribution >= 0.6 is 11.6 Å². The van der Waals surface area contributed by atoms with Crippen LogP contribution in [0.2, 0.25) is 5.02 Å². The van der Waals surface area contributed by atoms with Crippen molar-refractivity contribution in [1.29, 1.82) is 0 Å². The number of halogens is 1. The van der Waals surface area contributed by atoms with Gasteiger partial charge >= 0.3 is 5.97 Å². The predicted molar refractivity (Wildman–Crippen MR) is 111 cm³/mol. The van der Waals surface area contributed by atoms with Crippen molar-refractivity contribution in [3.63, 3.8) is 0 Å². The molecule has 0 unspecified atom stereocenters. The van der Waals surface area contributed by atoms with E-state index in [9.17, 15) is 18.0 Å². The number of rotatable bonds is 8. The summed E-state index contributed by atoms with van der Waals surface area (Å²) < 4.78 is 30.8. The van der Waals surface area contributed by atoms with Crippen molar-refractivity contribution in [2.24, 2.45) is 0 Å². The first-order valence-electron chi connectivity index (χ1n) is 8.90. The number of nitrogens with one attached hydrogen (secondary N) is 1. The predicted octanol–water partition coefficient (Wildman–Crippen LogP) is 3.27. The molecule has 0 aromatic heterocycles. The molecule has 0 heterocycles. The third-order valence-corrected chi connectivity index (χ3v) is 6.51. The molecule has 0 aliphatic carbocycles. The number of sulfonamides is 1. The van der Waals surface area contributed by atoms with Crippen molar-refractivity contribution in [3.05, 3.63) is 59.1 Å². The van der Waals surface area contributed by atoms with Crippen LogP contribution in [0.4, 0.5) is 5.69 Å². The highest BCUT2D eigenvalue weighted by atomic mass is 35.5. The molecule has 0 aliphatic rings. The number of anilines is 1. The first kappa shape index (κ1) is 22.9. The summed E-state index contributed by atoms with van der Waals surface area (Å²) in [4.78, 5) is 24.4. The lowest BCUT2D eigenvalue weighted by atomic mass is 9.97. The normalized spacial score (nSPS) is 12.4. The third-order valence-electron chi connectivity index (χ3n) is 4.21. The van der Waals surface area contributed by atoms with E-state index in [1.807, 2.05) is 37.3 Å². The summed E-state index contributed by atoms with van der Waals surface area (Å²) in [5, 5.41) is 2.55. The molecule has 7 nitrogen and oxygen atoms in total. The summed E-state index contributed by atoms with van der Waals surface area (Å²) in [6, 6.07) is 13.3. The van der Waals surface area contributed by atoms with Crippen molar-refractivity contribution < 1.29 is 22.7 Å². The molecule has 1 amide bonds. The Morgan fingerprint density at radius 2 is 1.79 bits per heavy atom. The number of carbonyl (C=O) groups is 2. The van der Waals surface area contributed by atoms with Gasteiger partial charge in [-0.3, -0.25) is 9.59 Å². The van der Waals surface area contributed by atoms with E-state index >= 15 is 0 Å². The molecule has 2 aromatic carbocycles. The van der Waals surface area contributed by atoms with Gasteiger partial charge in [0.2, 0.25) is 10.0 Å². The summed E-state index contributed by atoms with van der Waals surface area (Å²) in [5.74, 6) is -1.55. The van der Waals surface area contributed by atoms with Gasteiger partial charge in [0.25, 0.3) is 5.91 Å². The van der Waals surface area contributed by atoms with Gasteiger partial charge in [0.1, 0.15) is 4.90 Å². The number of ether oxygens (including phenoxy) is 1. The number of hydrogen-bond donors (Lipinski definition) is 1. The van der Waals surface area contributed by atoms with Gasteiger partial charge in [-0.25, -0.2) is 12.7 Å². The molecule has 9 heteroatoms. The molecule has 2 aromatic rings. The van der Waals surface area contributed by atoms with Crippen LogP contribution in [0.15, 0.2) is 53.4 Å². The molecule has 2 rings (SSSR count). The van der Waals surface area contributed by atoms with Gasteiger partial charge in [0.15, 0.2) is 6.61 Å². The SMILES string of the molecule is CC[C@H](C(=O)OCC(=O)Nc1ccc(Cl)c(S(=O)(=O)N(C)C)c1)c1ccccc1. The molecule has 0 spiro atoms. The number of carbonyl (C=O) groups excluding carboxylic acids is 2. The van der Waals surface area contributed by atoms with Crippen LogP contribution in [-0.2, 0) is 24.3 Å². The lowest BCUT2D eigenvalue weighted by Gasteiger charge is -2.15. The molecular weight excluding hydrogens is 416 g/mol. The van der Waals surface area contributed by atoms with Crippen LogP contribution in [0.5, 0.6) is 0 Å². The molecule has 0 saturated carbocycles. The Morgan fingerprint density at radius 1 is 1.14 bits per heavy atom. The minimum atomic E-state index is -3.77. The van der Waals surface area contributed by atoms with E-state index in [2.05, 4.69) is 5.32 Å². The largest absolute Gasteiger partial charge is 0.455 e. The topological polar surface area (TPSA) is 92.8 Å². The van der Waals surface area contributed by atoms with Gasteiger partial charge < -0.3 is 10.1 Å². The fourth-order valence-corrected chi connectivity index (χ4v) is 4.03. The average Bonchev–Trinajstić information content (AvgIpc) is 2.69. The van der Waals surface area contributed by atoms with E-state index in [-0.39, 0.29) is 15.6 Å². The first-order chi connectivity index (χ1) is 13.7. The Hall–Kier alpha value is -2.42. The minimum absolute atomic E-state index is 0.0387. The Morgan fingerprint density at radius 3 is 2.38 bits per heavy atom. The summed E-state index contributed by atoms with van der Waals surface area (Å²) in [7, 11) is -1.01. The maximum absolute atomic E-state index is 12.3. The zero-order chi connectivity index (χ0) is 21.6. The van der Waals surface area contributed by atoms with E-state index in [4.69, 9.17) is 16.3 Å². The molecule has 156 valence electrons. The van der Waals surface area contributed by atoms with Crippen molar-refractivity contribution in [2.45, 2.75) is 24.2 Å². The molecular formula is C20H23ClN2O5S. The second-order valence-corrected chi connectivity index (χ2v) is 8.99. The molecule has 1 N–H and O–H groups in total. The summed E-state index contributed by atoms with van der Waals surface area (Å²) in [5.41, 5.74) is 1.04. The van der Waals surface area contributed by atoms with Gasteiger partial charge in [0.05, 0.1) is 10.9 Å². The Balaban J connectivity index is 2.03. The maximum atomic E-state index is 12.3. The van der Waals surface area contributed by atoms with Gasteiger partial charge in [-0.05, 0) is 30.2 Å². The molecule has 0 bridgehead atoms. The summed E-state index contributed by atoms with van der Waals surface area (Å²) in [6.07, 6.45) is 0.535. The lowest BCUT2D eigenvalue weighted by Crippen LogP contribution is -2.25. The van der Waals surface area contributed by atoms with Crippen molar-refractivity contribution >= 4 is 39.2 Å². The number of benzene rings is 2. The fourth-order valence-electron chi connectivity index (χ4n) is 2.63. The quantitative estimate of drug-likeness (QED) is 0.638. The van der Waals surface area contributed by atoms with E-state index < -0.39 is 34.4 Å². The summed E-state index contributed by atoms with van der Waals surface area (Å²) in [6.45, 7) is 1.37. The van der Waals surface area contributed by atoms with E-state index in [1.165, 1.54) is 32.3 Å². The summed E-state index contributed by atoms with van der Waals surface area (Å²) >= 11 is 5.99. The Kier molecular flexibility index (Phi) is 7.78. The van der Waals surface area contributed by atoms with Gasteiger partial charge in [-0.2, -0.15) is 0 Å². The van der Waals surface area contributed by atoms with E-state index in [1.54, 1.807) is 0 Å².